The van der Waals surface area contributed by atoms with Gasteiger partial charge >= 0.3 is 6.36 Å². The number of pyridine rings is 1. The van der Waals surface area contributed by atoms with E-state index in [1.807, 2.05) is 13.8 Å². The quantitative estimate of drug-likeness (QED) is 0.608. The Morgan fingerprint density at radius 2 is 1.96 bits per heavy atom. The molecule has 27 heavy (non-hydrogen) atoms. The van der Waals surface area contributed by atoms with Gasteiger partial charge in [0.1, 0.15) is 0 Å². The number of nitrogens with two attached hydrogens (primary N) is 1. The molecule has 1 heterocycles. The first-order valence-electron chi connectivity index (χ1n) is 7.91. The minimum Gasteiger partial charge on any atom is -0.403 e. The predicted molar refractivity (Wildman–Crippen MR) is 90.9 cm³/mol. The van der Waals surface area contributed by atoms with Crippen molar-refractivity contribution in [3.05, 3.63) is 59.2 Å². The summed E-state index contributed by atoms with van der Waals surface area (Å²) in [6, 6.07) is 6.09. The number of nitrogens with zero attached hydrogens (tertiary/aromatic N) is 2. The van der Waals surface area contributed by atoms with Gasteiger partial charge in [0, 0.05) is 11.8 Å². The molecule has 0 unspecified atom stereocenters. The lowest BCUT2D eigenvalue weighted by Crippen LogP contribution is -2.18. The summed E-state index contributed by atoms with van der Waals surface area (Å²) >= 11 is 0. The van der Waals surface area contributed by atoms with Crippen LogP contribution in [0.25, 0.3) is 0 Å². The first-order chi connectivity index (χ1) is 12.6. The number of hydrogen-bond acceptors (Lipinski definition) is 4. The van der Waals surface area contributed by atoms with Crippen LogP contribution >= 0.6 is 0 Å². The summed E-state index contributed by atoms with van der Waals surface area (Å²) in [7, 11) is 0. The topological polar surface area (TPSA) is 77.6 Å². The molecule has 1 amide bonds. The molecule has 1 aromatic heterocycles. The summed E-state index contributed by atoms with van der Waals surface area (Å²) < 4.78 is 54.2. The molecule has 0 saturated heterocycles. The molecule has 0 aliphatic heterocycles. The molecular formula is C18H17F4N3O2. The number of alkyl halides is 3. The Bertz CT molecular complexity index is 864. The second kappa shape index (κ2) is 8.15. The molecular weight excluding hydrogens is 366 g/mol. The van der Waals surface area contributed by atoms with Crippen LogP contribution in [0.4, 0.5) is 17.6 Å². The molecule has 0 aliphatic rings. The maximum atomic E-state index is 13.5. The van der Waals surface area contributed by atoms with E-state index in [1.54, 1.807) is 0 Å². The van der Waals surface area contributed by atoms with Crippen molar-refractivity contribution in [2.45, 2.75) is 26.8 Å². The van der Waals surface area contributed by atoms with E-state index in [-0.39, 0.29) is 18.0 Å². The SMILES string of the molecule is CC(C)C(=NCc1ccc(F)c(OC(F)(F)F)c1)c1cc(C(N)=O)ccn1. The maximum absolute atomic E-state index is 13.5. The molecule has 5 nitrogen and oxygen atoms in total. The first-order valence-corrected chi connectivity index (χ1v) is 7.91. The largest absolute Gasteiger partial charge is 0.573 e. The van der Waals surface area contributed by atoms with E-state index in [9.17, 15) is 22.4 Å². The van der Waals surface area contributed by atoms with Gasteiger partial charge in [-0.15, -0.1) is 13.2 Å². The molecule has 0 bridgehead atoms. The molecule has 0 fully saturated rings. The summed E-state index contributed by atoms with van der Waals surface area (Å²) in [6.07, 6.45) is -3.58. The fourth-order valence-corrected chi connectivity index (χ4v) is 2.31. The van der Waals surface area contributed by atoms with Crippen LogP contribution in [0.3, 0.4) is 0 Å². The van der Waals surface area contributed by atoms with Crippen molar-refractivity contribution in [1.29, 1.82) is 0 Å². The average Bonchev–Trinajstić information content (AvgIpc) is 2.56. The third-order valence-corrected chi connectivity index (χ3v) is 3.51. The predicted octanol–water partition coefficient (Wildman–Crippen LogP) is 3.86. The van der Waals surface area contributed by atoms with Crippen LogP contribution in [0.1, 0.15) is 35.5 Å². The highest BCUT2D eigenvalue weighted by Gasteiger charge is 2.32. The number of primary amides is 1. The molecule has 0 saturated carbocycles. The summed E-state index contributed by atoms with van der Waals surface area (Å²) in [5.41, 5.74) is 6.79. The van der Waals surface area contributed by atoms with Crippen molar-refractivity contribution < 1.29 is 27.1 Å². The van der Waals surface area contributed by atoms with Crippen molar-refractivity contribution >= 4 is 11.6 Å². The lowest BCUT2D eigenvalue weighted by molar-refractivity contribution is -0.275. The van der Waals surface area contributed by atoms with Crippen molar-refractivity contribution in [1.82, 2.24) is 4.98 Å². The molecule has 0 radical (unpaired) electrons. The zero-order valence-corrected chi connectivity index (χ0v) is 14.5. The monoisotopic (exact) mass is 383 g/mol. The van der Waals surface area contributed by atoms with Crippen LogP contribution in [0.15, 0.2) is 41.5 Å². The summed E-state index contributed by atoms with van der Waals surface area (Å²) in [5, 5.41) is 0. The van der Waals surface area contributed by atoms with E-state index in [2.05, 4.69) is 14.7 Å². The highest BCUT2D eigenvalue weighted by atomic mass is 19.4. The molecule has 0 aliphatic carbocycles. The molecule has 0 atom stereocenters. The van der Waals surface area contributed by atoms with E-state index in [1.165, 1.54) is 24.4 Å². The summed E-state index contributed by atoms with van der Waals surface area (Å²) in [6.45, 7) is 3.67. The fourth-order valence-electron chi connectivity index (χ4n) is 2.31. The number of carbonyl (C=O) groups excluding carboxylic acids is 1. The van der Waals surface area contributed by atoms with Crippen LogP contribution in [-0.2, 0) is 6.54 Å². The zero-order chi connectivity index (χ0) is 20.2. The van der Waals surface area contributed by atoms with Gasteiger partial charge in [-0.05, 0) is 35.7 Å². The highest BCUT2D eigenvalue weighted by molar-refractivity contribution is 6.02. The van der Waals surface area contributed by atoms with Gasteiger partial charge in [0.15, 0.2) is 11.6 Å². The van der Waals surface area contributed by atoms with Crippen LogP contribution in [0, 0.1) is 11.7 Å². The number of ether oxygens (including phenoxy) is 1. The van der Waals surface area contributed by atoms with Gasteiger partial charge in [-0.25, -0.2) is 4.39 Å². The molecule has 2 aromatic rings. The lowest BCUT2D eigenvalue weighted by atomic mass is 10.0. The third-order valence-electron chi connectivity index (χ3n) is 3.51. The second-order valence-electron chi connectivity index (χ2n) is 5.96. The minimum absolute atomic E-state index is 0.0233. The second-order valence-corrected chi connectivity index (χ2v) is 5.96. The highest BCUT2D eigenvalue weighted by Crippen LogP contribution is 2.27. The number of carbonyl (C=O) groups is 1. The van der Waals surface area contributed by atoms with Crippen LogP contribution < -0.4 is 10.5 Å². The number of rotatable bonds is 6. The van der Waals surface area contributed by atoms with Crippen molar-refractivity contribution in [2.24, 2.45) is 16.6 Å². The zero-order valence-electron chi connectivity index (χ0n) is 14.5. The molecule has 2 rings (SSSR count). The average molecular weight is 383 g/mol. The summed E-state index contributed by atoms with van der Waals surface area (Å²) in [4.78, 5) is 19.9. The lowest BCUT2D eigenvalue weighted by Gasteiger charge is -2.12. The van der Waals surface area contributed by atoms with Crippen LogP contribution in [-0.4, -0.2) is 23.0 Å². The van der Waals surface area contributed by atoms with E-state index >= 15 is 0 Å². The Balaban J connectivity index is 2.31. The Kier molecular flexibility index (Phi) is 6.14. The van der Waals surface area contributed by atoms with E-state index < -0.39 is 23.8 Å². The third kappa shape index (κ3) is 5.77. The molecule has 2 N–H and O–H groups in total. The summed E-state index contributed by atoms with van der Waals surface area (Å²) in [5.74, 6) is -2.75. The van der Waals surface area contributed by atoms with Gasteiger partial charge in [-0.2, -0.15) is 0 Å². The Labute approximate surface area is 152 Å². The van der Waals surface area contributed by atoms with Crippen molar-refractivity contribution in [3.63, 3.8) is 0 Å². The maximum Gasteiger partial charge on any atom is 0.573 e. The van der Waals surface area contributed by atoms with E-state index in [0.29, 0.717) is 17.0 Å². The Morgan fingerprint density at radius 3 is 2.56 bits per heavy atom. The first kappa shape index (κ1) is 20.3. The van der Waals surface area contributed by atoms with Gasteiger partial charge in [-0.3, -0.25) is 14.8 Å². The van der Waals surface area contributed by atoms with Crippen molar-refractivity contribution in [2.75, 3.05) is 0 Å². The molecule has 144 valence electrons. The van der Waals surface area contributed by atoms with Crippen LogP contribution in [0.2, 0.25) is 0 Å². The number of halogens is 4. The molecule has 0 spiro atoms. The van der Waals surface area contributed by atoms with E-state index in [0.717, 1.165) is 12.1 Å². The smallest absolute Gasteiger partial charge is 0.403 e. The van der Waals surface area contributed by atoms with Gasteiger partial charge < -0.3 is 10.5 Å². The fraction of sp³-hybridized carbons (Fsp3) is 0.278. The Morgan fingerprint density at radius 1 is 1.26 bits per heavy atom. The van der Waals surface area contributed by atoms with Gasteiger partial charge in [0.2, 0.25) is 5.91 Å². The van der Waals surface area contributed by atoms with Crippen molar-refractivity contribution in [3.8, 4) is 5.75 Å². The van der Waals surface area contributed by atoms with Gasteiger partial charge in [-0.1, -0.05) is 19.9 Å². The van der Waals surface area contributed by atoms with Gasteiger partial charge in [0.05, 0.1) is 18.0 Å². The van der Waals surface area contributed by atoms with Gasteiger partial charge in [0.25, 0.3) is 0 Å². The number of benzene rings is 1. The molecule has 9 heteroatoms. The number of aromatic nitrogens is 1. The minimum atomic E-state index is -5.00. The normalized spacial score (nSPS) is 12.3. The van der Waals surface area contributed by atoms with Crippen LogP contribution in [0.5, 0.6) is 5.75 Å². The standard InChI is InChI=1S/C18H17F4N3O2/c1-10(2)16(14-8-12(17(23)26)5-6-24-14)25-9-11-3-4-13(19)15(7-11)27-18(20,21)22/h3-8,10H,9H2,1-2H3,(H2,23,26). The van der Waals surface area contributed by atoms with E-state index in [4.69, 9.17) is 5.73 Å². The number of aliphatic imine (C=N–C) groups is 1. The number of amides is 1. The Hall–Kier alpha value is -2.97. The number of hydrogen-bond donors (Lipinski definition) is 1. The molecule has 1 aromatic carbocycles.